The van der Waals surface area contributed by atoms with Crippen LogP contribution < -0.4 is 4.74 Å². The predicted octanol–water partition coefficient (Wildman–Crippen LogP) is 3.82. The normalized spacial score (nSPS) is 16.6. The van der Waals surface area contributed by atoms with Crippen molar-refractivity contribution in [1.82, 2.24) is 15.0 Å². The van der Waals surface area contributed by atoms with Crippen LogP contribution in [-0.4, -0.2) is 34.6 Å². The number of carbonyl (C=O) groups excluding carboxylic acids is 1. The van der Waals surface area contributed by atoms with Gasteiger partial charge in [-0.05, 0) is 18.1 Å². The molecule has 1 fully saturated rings. The first-order valence-corrected chi connectivity index (χ1v) is 9.50. The molecular formula is C22H23N3O3. The SMILES string of the molecule is CCc1ccc(-c2noc(C3CC(=O)N(Cc4ccccc4OC)C3)n2)cc1. The van der Waals surface area contributed by atoms with Crippen LogP contribution >= 0.6 is 0 Å². The quantitative estimate of drug-likeness (QED) is 0.653. The van der Waals surface area contributed by atoms with Gasteiger partial charge in [0.1, 0.15) is 5.75 Å². The second kappa shape index (κ2) is 7.84. The molecular weight excluding hydrogens is 354 g/mol. The molecule has 6 nitrogen and oxygen atoms in total. The molecule has 1 aliphatic heterocycles. The molecule has 1 amide bonds. The lowest BCUT2D eigenvalue weighted by atomic mass is 10.1. The maximum Gasteiger partial charge on any atom is 0.232 e. The smallest absolute Gasteiger partial charge is 0.232 e. The van der Waals surface area contributed by atoms with Gasteiger partial charge in [0.2, 0.25) is 17.6 Å². The standard InChI is InChI=1S/C22H23N3O3/c1-3-15-8-10-16(11-9-15)21-23-22(28-24-21)18-12-20(26)25(14-18)13-17-6-4-5-7-19(17)27-2/h4-11,18H,3,12-14H2,1-2H3. The van der Waals surface area contributed by atoms with E-state index in [4.69, 9.17) is 9.26 Å². The van der Waals surface area contributed by atoms with Crippen molar-refractivity contribution in [3.63, 3.8) is 0 Å². The number of aromatic nitrogens is 2. The van der Waals surface area contributed by atoms with Crippen molar-refractivity contribution in [3.05, 3.63) is 65.5 Å². The molecule has 2 heterocycles. The topological polar surface area (TPSA) is 68.5 Å². The Morgan fingerprint density at radius 3 is 2.71 bits per heavy atom. The van der Waals surface area contributed by atoms with Gasteiger partial charge in [0.15, 0.2) is 0 Å². The fraction of sp³-hybridized carbons (Fsp3) is 0.318. The van der Waals surface area contributed by atoms with Crippen molar-refractivity contribution in [2.24, 2.45) is 0 Å². The van der Waals surface area contributed by atoms with Crippen LogP contribution in [0.15, 0.2) is 53.1 Å². The van der Waals surface area contributed by atoms with E-state index in [-0.39, 0.29) is 11.8 Å². The van der Waals surface area contributed by atoms with Crippen LogP contribution in [0, 0.1) is 0 Å². The number of methoxy groups -OCH3 is 1. The summed E-state index contributed by atoms with van der Waals surface area (Å²) < 4.78 is 10.9. The van der Waals surface area contributed by atoms with E-state index in [1.807, 2.05) is 41.3 Å². The molecule has 6 heteroatoms. The van der Waals surface area contributed by atoms with Crippen LogP contribution in [0.4, 0.5) is 0 Å². The van der Waals surface area contributed by atoms with E-state index in [0.717, 1.165) is 23.3 Å². The summed E-state index contributed by atoms with van der Waals surface area (Å²) >= 11 is 0. The van der Waals surface area contributed by atoms with Gasteiger partial charge < -0.3 is 14.2 Å². The number of amides is 1. The van der Waals surface area contributed by atoms with E-state index in [0.29, 0.717) is 31.2 Å². The van der Waals surface area contributed by atoms with Gasteiger partial charge in [0.25, 0.3) is 0 Å². The summed E-state index contributed by atoms with van der Waals surface area (Å²) in [4.78, 5) is 18.9. The number of para-hydroxylation sites is 1. The van der Waals surface area contributed by atoms with Crippen molar-refractivity contribution in [2.75, 3.05) is 13.7 Å². The third-order valence-corrected chi connectivity index (χ3v) is 5.18. The Bertz CT molecular complexity index is 965. The molecule has 1 saturated heterocycles. The van der Waals surface area contributed by atoms with E-state index in [1.165, 1.54) is 5.56 Å². The Kier molecular flexibility index (Phi) is 5.10. The third-order valence-electron chi connectivity index (χ3n) is 5.18. The fourth-order valence-corrected chi connectivity index (χ4v) is 3.54. The molecule has 1 atom stereocenters. The maximum absolute atomic E-state index is 12.5. The molecule has 0 bridgehead atoms. The van der Waals surface area contributed by atoms with Gasteiger partial charge in [-0.2, -0.15) is 4.98 Å². The zero-order valence-corrected chi connectivity index (χ0v) is 16.1. The number of aryl methyl sites for hydroxylation is 1. The second-order valence-corrected chi connectivity index (χ2v) is 6.99. The molecule has 4 rings (SSSR count). The Hall–Kier alpha value is -3.15. The minimum absolute atomic E-state index is 0.0848. The molecule has 1 aliphatic rings. The molecule has 1 aromatic heterocycles. The highest BCUT2D eigenvalue weighted by Crippen LogP contribution is 2.31. The lowest BCUT2D eigenvalue weighted by Gasteiger charge is -2.17. The maximum atomic E-state index is 12.5. The van der Waals surface area contributed by atoms with Crippen LogP contribution in [0.3, 0.4) is 0 Å². The number of nitrogens with zero attached hydrogens (tertiary/aromatic N) is 3. The highest BCUT2D eigenvalue weighted by molar-refractivity contribution is 5.79. The van der Waals surface area contributed by atoms with E-state index >= 15 is 0 Å². The number of hydrogen-bond donors (Lipinski definition) is 0. The van der Waals surface area contributed by atoms with Crippen molar-refractivity contribution >= 4 is 5.91 Å². The third kappa shape index (κ3) is 3.63. The second-order valence-electron chi connectivity index (χ2n) is 6.99. The highest BCUT2D eigenvalue weighted by atomic mass is 16.5. The van der Waals surface area contributed by atoms with Crippen LogP contribution in [-0.2, 0) is 17.8 Å². The predicted molar refractivity (Wildman–Crippen MR) is 105 cm³/mol. The molecule has 3 aromatic rings. The van der Waals surface area contributed by atoms with Gasteiger partial charge in [-0.1, -0.05) is 54.5 Å². The van der Waals surface area contributed by atoms with Crippen LogP contribution in [0.2, 0.25) is 0 Å². The van der Waals surface area contributed by atoms with Gasteiger partial charge in [0, 0.05) is 30.6 Å². The molecule has 2 aromatic carbocycles. The Balaban J connectivity index is 1.47. The number of benzene rings is 2. The minimum Gasteiger partial charge on any atom is -0.496 e. The summed E-state index contributed by atoms with van der Waals surface area (Å²) in [6.45, 7) is 3.20. The fourth-order valence-electron chi connectivity index (χ4n) is 3.54. The van der Waals surface area contributed by atoms with Gasteiger partial charge in [0.05, 0.1) is 13.0 Å². The molecule has 0 spiro atoms. The number of likely N-dealkylation sites (tertiary alicyclic amines) is 1. The summed E-state index contributed by atoms with van der Waals surface area (Å²) in [6, 6.07) is 15.9. The summed E-state index contributed by atoms with van der Waals surface area (Å²) in [7, 11) is 1.64. The number of carbonyl (C=O) groups is 1. The average molecular weight is 377 g/mol. The molecule has 1 unspecified atom stereocenters. The number of hydrogen-bond acceptors (Lipinski definition) is 5. The monoisotopic (exact) mass is 377 g/mol. The summed E-state index contributed by atoms with van der Waals surface area (Å²) in [5.74, 6) is 1.87. The van der Waals surface area contributed by atoms with E-state index in [9.17, 15) is 4.79 Å². The first-order valence-electron chi connectivity index (χ1n) is 9.50. The van der Waals surface area contributed by atoms with E-state index < -0.39 is 0 Å². The van der Waals surface area contributed by atoms with Crippen molar-refractivity contribution < 1.29 is 14.1 Å². The molecule has 0 saturated carbocycles. The zero-order valence-electron chi connectivity index (χ0n) is 16.1. The van der Waals surface area contributed by atoms with E-state index in [1.54, 1.807) is 7.11 Å². The number of rotatable bonds is 6. The van der Waals surface area contributed by atoms with Crippen LogP contribution in [0.1, 0.15) is 36.3 Å². The van der Waals surface area contributed by atoms with E-state index in [2.05, 4.69) is 29.2 Å². The molecule has 0 aliphatic carbocycles. The molecule has 0 radical (unpaired) electrons. The van der Waals surface area contributed by atoms with Gasteiger partial charge >= 0.3 is 0 Å². The zero-order chi connectivity index (χ0) is 19.5. The van der Waals surface area contributed by atoms with Crippen molar-refractivity contribution in [2.45, 2.75) is 32.2 Å². The van der Waals surface area contributed by atoms with Gasteiger partial charge in [-0.25, -0.2) is 0 Å². The average Bonchev–Trinajstić information content (AvgIpc) is 3.36. The Labute approximate surface area is 164 Å². The first kappa shape index (κ1) is 18.2. The number of ether oxygens (including phenoxy) is 1. The first-order chi connectivity index (χ1) is 13.7. The van der Waals surface area contributed by atoms with Gasteiger partial charge in [-0.3, -0.25) is 4.79 Å². The molecule has 28 heavy (non-hydrogen) atoms. The van der Waals surface area contributed by atoms with Gasteiger partial charge in [-0.15, -0.1) is 0 Å². The van der Waals surface area contributed by atoms with Crippen molar-refractivity contribution in [3.8, 4) is 17.1 Å². The summed E-state index contributed by atoms with van der Waals surface area (Å²) in [5.41, 5.74) is 3.17. The van der Waals surface area contributed by atoms with Crippen LogP contribution in [0.25, 0.3) is 11.4 Å². The van der Waals surface area contributed by atoms with Crippen molar-refractivity contribution in [1.29, 1.82) is 0 Å². The Morgan fingerprint density at radius 2 is 1.96 bits per heavy atom. The summed E-state index contributed by atoms with van der Waals surface area (Å²) in [6.07, 6.45) is 1.37. The lowest BCUT2D eigenvalue weighted by molar-refractivity contribution is -0.128. The summed E-state index contributed by atoms with van der Waals surface area (Å²) in [5, 5.41) is 4.11. The molecule has 144 valence electrons. The lowest BCUT2D eigenvalue weighted by Crippen LogP contribution is -2.24. The molecule has 0 N–H and O–H groups in total. The Morgan fingerprint density at radius 1 is 1.18 bits per heavy atom. The van der Waals surface area contributed by atoms with Crippen LogP contribution in [0.5, 0.6) is 5.75 Å². The highest BCUT2D eigenvalue weighted by Gasteiger charge is 2.34. The largest absolute Gasteiger partial charge is 0.496 e. The minimum atomic E-state index is -0.0848.